The topological polar surface area (TPSA) is 150 Å². The van der Waals surface area contributed by atoms with Gasteiger partial charge in [0.1, 0.15) is 9.79 Å². The molecule has 31 heavy (non-hydrogen) atoms. The van der Waals surface area contributed by atoms with Crippen LogP contribution in [0.3, 0.4) is 0 Å². The van der Waals surface area contributed by atoms with Gasteiger partial charge in [-0.05, 0) is 47.6 Å². The van der Waals surface area contributed by atoms with Gasteiger partial charge in [0, 0.05) is 12.6 Å². The molecule has 0 aliphatic heterocycles. The summed E-state index contributed by atoms with van der Waals surface area (Å²) in [5, 5.41) is 4.46. The number of anilines is 1. The zero-order chi connectivity index (χ0) is 21.8. The van der Waals surface area contributed by atoms with Crippen LogP contribution in [0.15, 0.2) is 51.2 Å². The van der Waals surface area contributed by atoms with Crippen molar-refractivity contribution in [2.24, 2.45) is 4.99 Å². The van der Waals surface area contributed by atoms with Gasteiger partial charge in [-0.15, -0.1) is 0 Å². The first-order valence-electron chi connectivity index (χ1n) is 7.68. The molecule has 14 heteroatoms. The van der Waals surface area contributed by atoms with Gasteiger partial charge in [0.15, 0.2) is 0 Å². The van der Waals surface area contributed by atoms with Gasteiger partial charge in [-0.2, -0.15) is 21.8 Å². The van der Waals surface area contributed by atoms with E-state index in [1.807, 2.05) is 0 Å². The van der Waals surface area contributed by atoms with E-state index < -0.39 is 35.9 Å². The smallest absolute Gasteiger partial charge is 1.00 e. The number of amides is 1. The summed E-state index contributed by atoms with van der Waals surface area (Å²) in [6.45, 7) is 1.23. The number of nitrogens with zero attached hydrogens (tertiary/aromatic N) is 1. The number of hydrogen-bond donors (Lipinski definition) is 3. The van der Waals surface area contributed by atoms with Crippen LogP contribution in [-0.4, -0.2) is 37.0 Å². The largest absolute Gasteiger partial charge is 1.00 e. The molecule has 9 nitrogen and oxygen atoms in total. The first-order chi connectivity index (χ1) is 13.4. The molecule has 0 unspecified atom stereocenters. The van der Waals surface area contributed by atoms with Crippen molar-refractivity contribution in [2.75, 3.05) is 5.32 Å². The molecular formula is C17H16N2Na2O7S3. The second-order valence-electron chi connectivity index (χ2n) is 5.64. The third kappa shape index (κ3) is 8.97. The van der Waals surface area contributed by atoms with E-state index in [2.05, 4.69) is 27.7 Å². The van der Waals surface area contributed by atoms with Crippen LogP contribution in [-0.2, 0) is 25.0 Å². The number of aliphatic imine (C=N–C) groups is 1. The maximum Gasteiger partial charge on any atom is 1.00 e. The van der Waals surface area contributed by atoms with Crippen molar-refractivity contribution in [1.29, 1.82) is 0 Å². The van der Waals surface area contributed by atoms with Crippen molar-refractivity contribution in [3.05, 3.63) is 47.5 Å². The second-order valence-corrected chi connectivity index (χ2v) is 8.60. The molecule has 0 saturated heterocycles. The minimum Gasteiger partial charge on any atom is -1.00 e. The van der Waals surface area contributed by atoms with E-state index in [4.69, 9.17) is 0 Å². The van der Waals surface area contributed by atoms with E-state index in [1.165, 1.54) is 43.3 Å². The van der Waals surface area contributed by atoms with Gasteiger partial charge in [0.2, 0.25) is 5.91 Å². The number of carbonyl (C=O) groups is 1. The molecule has 0 aliphatic carbocycles. The monoisotopic (exact) mass is 502 g/mol. The molecule has 1 amide bonds. The van der Waals surface area contributed by atoms with Crippen LogP contribution >= 0.6 is 12.2 Å². The molecule has 156 valence electrons. The molecule has 0 saturated carbocycles. The standard InChI is InChI=1S/C17H14N2O7S3.2Na.2H/c1-11(20)19-15-7-5-13(17(9-15)29(24,25)26)3-2-12-4-6-14(18-10-27)8-16(12)28(21,22)23;;;;/h2-9H,1H3,(H,19,20)(H,21,22,23)(H,24,25,26);;;;/q;2*+1;2*-1. The Morgan fingerprint density at radius 1 is 1.00 bits per heavy atom. The maximum absolute atomic E-state index is 11.7. The predicted octanol–water partition coefficient (Wildman–Crippen LogP) is -2.72. The maximum atomic E-state index is 11.7. The molecule has 0 heterocycles. The molecule has 2 rings (SSSR count). The third-order valence-corrected chi connectivity index (χ3v) is 5.41. The summed E-state index contributed by atoms with van der Waals surface area (Å²) >= 11 is 4.45. The molecule has 0 bridgehead atoms. The number of benzene rings is 2. The Morgan fingerprint density at radius 2 is 1.48 bits per heavy atom. The second kappa shape index (κ2) is 12.5. The van der Waals surface area contributed by atoms with Crippen LogP contribution in [0.2, 0.25) is 0 Å². The molecule has 2 aromatic carbocycles. The summed E-state index contributed by atoms with van der Waals surface area (Å²) in [7, 11) is -9.28. The number of nitrogens with one attached hydrogen (secondary N) is 1. The fraction of sp³-hybridized carbons (Fsp3) is 0.0588. The van der Waals surface area contributed by atoms with Crippen LogP contribution in [0.4, 0.5) is 11.4 Å². The van der Waals surface area contributed by atoms with Crippen molar-refractivity contribution >= 4 is 67.0 Å². The fourth-order valence-corrected chi connectivity index (χ4v) is 3.88. The number of carbonyl (C=O) groups excluding carboxylic acids is 1. The Labute approximate surface area is 232 Å². The average molecular weight is 503 g/mol. The Hall–Kier alpha value is -0.730. The number of thiocarbonyl (C=S) groups is 1. The summed E-state index contributed by atoms with van der Waals surface area (Å²) < 4.78 is 65.6. The normalized spacial score (nSPS) is 11.1. The van der Waals surface area contributed by atoms with Crippen molar-refractivity contribution in [3.63, 3.8) is 0 Å². The van der Waals surface area contributed by atoms with Crippen LogP contribution in [0.1, 0.15) is 20.9 Å². The summed E-state index contributed by atoms with van der Waals surface area (Å²) in [6.07, 6.45) is 2.46. The van der Waals surface area contributed by atoms with E-state index >= 15 is 0 Å². The van der Waals surface area contributed by atoms with Gasteiger partial charge in [-0.25, -0.2) is 0 Å². The van der Waals surface area contributed by atoms with Crippen molar-refractivity contribution in [1.82, 2.24) is 0 Å². The SMILES string of the molecule is CC(=O)Nc1ccc(C=Cc2ccc(N=C=S)cc2S(=O)(=O)O)c(S(=O)(=O)O)c1.[H-].[H-].[Na+].[Na+]. The van der Waals surface area contributed by atoms with Crippen LogP contribution < -0.4 is 64.4 Å². The Bertz CT molecular complexity index is 1280. The molecule has 0 spiro atoms. The van der Waals surface area contributed by atoms with Crippen LogP contribution in [0.25, 0.3) is 12.2 Å². The molecule has 0 fully saturated rings. The molecule has 0 aromatic heterocycles. The third-order valence-electron chi connectivity index (χ3n) is 3.50. The van der Waals surface area contributed by atoms with Crippen molar-refractivity contribution in [3.8, 4) is 0 Å². The van der Waals surface area contributed by atoms with E-state index in [-0.39, 0.29) is 84.5 Å². The quantitative estimate of drug-likeness (QED) is 0.127. The minimum atomic E-state index is -4.65. The number of isothiocyanates is 1. The van der Waals surface area contributed by atoms with Crippen LogP contribution in [0, 0.1) is 0 Å². The molecule has 0 radical (unpaired) electrons. The Kier molecular flexibility index (Phi) is 12.2. The fourth-order valence-electron chi connectivity index (χ4n) is 2.36. The van der Waals surface area contributed by atoms with Crippen LogP contribution in [0.5, 0.6) is 0 Å². The molecule has 2 aromatic rings. The van der Waals surface area contributed by atoms with Gasteiger partial charge in [0.25, 0.3) is 20.2 Å². The first-order valence-corrected chi connectivity index (χ1v) is 11.0. The van der Waals surface area contributed by atoms with Gasteiger partial charge in [-0.3, -0.25) is 13.9 Å². The summed E-state index contributed by atoms with van der Waals surface area (Å²) in [4.78, 5) is 13.8. The minimum absolute atomic E-state index is 0. The van der Waals surface area contributed by atoms with Gasteiger partial charge in [0.05, 0.1) is 10.8 Å². The average Bonchev–Trinajstić information content (AvgIpc) is 2.59. The molecule has 0 atom stereocenters. The van der Waals surface area contributed by atoms with Gasteiger partial charge < -0.3 is 8.17 Å². The van der Waals surface area contributed by atoms with E-state index in [9.17, 15) is 30.7 Å². The van der Waals surface area contributed by atoms with Crippen molar-refractivity contribution < 1.29 is 92.7 Å². The Morgan fingerprint density at radius 3 is 1.94 bits per heavy atom. The van der Waals surface area contributed by atoms with Gasteiger partial charge in [-0.1, -0.05) is 24.3 Å². The van der Waals surface area contributed by atoms with Gasteiger partial charge >= 0.3 is 59.1 Å². The summed E-state index contributed by atoms with van der Waals surface area (Å²) in [6, 6.07) is 7.57. The summed E-state index contributed by atoms with van der Waals surface area (Å²) in [5.41, 5.74) is 0.332. The predicted molar refractivity (Wildman–Crippen MR) is 113 cm³/mol. The zero-order valence-corrected chi connectivity index (χ0v) is 23.2. The molecular weight excluding hydrogens is 486 g/mol. The zero-order valence-electron chi connectivity index (χ0n) is 18.7. The number of rotatable bonds is 6. The van der Waals surface area contributed by atoms with Crippen molar-refractivity contribution in [2.45, 2.75) is 16.7 Å². The van der Waals surface area contributed by atoms with E-state index in [1.54, 1.807) is 0 Å². The first kappa shape index (κ1) is 30.3. The Balaban J connectivity index is -0.00000225. The van der Waals surface area contributed by atoms with E-state index in [0.29, 0.717) is 0 Å². The molecule has 0 aliphatic rings. The number of hydrogen-bond acceptors (Lipinski definition) is 7. The summed E-state index contributed by atoms with van der Waals surface area (Å²) in [5.74, 6) is -0.438. The molecule has 3 N–H and O–H groups in total. The van der Waals surface area contributed by atoms with E-state index in [0.717, 1.165) is 12.1 Å².